The Kier molecular flexibility index (Phi) is 2.03. The Hall–Kier alpha value is -1.69. The second-order valence-electron chi connectivity index (χ2n) is 4.28. The highest BCUT2D eigenvalue weighted by Crippen LogP contribution is 2.41. The first-order chi connectivity index (χ1) is 7.75. The van der Waals surface area contributed by atoms with Crippen molar-refractivity contribution in [2.45, 2.75) is 6.04 Å². The van der Waals surface area contributed by atoms with Gasteiger partial charge in [-0.1, -0.05) is 0 Å². The minimum Gasteiger partial charge on any atom is -0.347 e. The molecule has 1 aliphatic heterocycles. The van der Waals surface area contributed by atoms with Crippen molar-refractivity contribution in [3.63, 3.8) is 0 Å². The number of aromatic amines is 1. The second-order valence-corrected chi connectivity index (χ2v) is 4.28. The van der Waals surface area contributed by atoms with Crippen molar-refractivity contribution in [3.05, 3.63) is 28.4 Å². The van der Waals surface area contributed by atoms with Crippen LogP contribution in [0.5, 0.6) is 0 Å². The van der Waals surface area contributed by atoms with Crippen LogP contribution in [0.3, 0.4) is 0 Å². The molecule has 0 radical (unpaired) electrons. The third-order valence-electron chi connectivity index (χ3n) is 3.29. The molecule has 1 aromatic heterocycles. The summed E-state index contributed by atoms with van der Waals surface area (Å²) in [4.78, 5) is 28.7. The van der Waals surface area contributed by atoms with Gasteiger partial charge in [0.15, 0.2) is 0 Å². The number of carbonyl (C=O) groups is 1. The van der Waals surface area contributed by atoms with Crippen molar-refractivity contribution in [3.8, 4) is 0 Å². The van der Waals surface area contributed by atoms with E-state index in [1.165, 1.54) is 6.20 Å². The minimum absolute atomic E-state index is 0.212. The number of rotatable bonds is 2. The van der Waals surface area contributed by atoms with Crippen LogP contribution in [0.25, 0.3) is 0 Å². The van der Waals surface area contributed by atoms with E-state index in [1.54, 1.807) is 0 Å². The number of fused-ring (bicyclic) bond motifs is 1. The molecule has 2 unspecified atom stereocenters. The van der Waals surface area contributed by atoms with E-state index in [4.69, 9.17) is 0 Å². The molecule has 3 N–H and O–H groups in total. The summed E-state index contributed by atoms with van der Waals surface area (Å²) in [6.45, 7) is 1.96. The average Bonchev–Trinajstić information content (AvgIpc) is 2.75. The number of nitrogens with zero attached hydrogens (tertiary/aromatic N) is 1. The van der Waals surface area contributed by atoms with E-state index in [1.807, 2.05) is 0 Å². The Balaban J connectivity index is 1.65. The first-order valence-electron chi connectivity index (χ1n) is 5.32. The van der Waals surface area contributed by atoms with Gasteiger partial charge in [0.2, 0.25) is 0 Å². The molecule has 0 bridgehead atoms. The molecule has 0 spiro atoms. The minimum atomic E-state index is -0.302. The first-order valence-corrected chi connectivity index (χ1v) is 5.32. The van der Waals surface area contributed by atoms with E-state index in [-0.39, 0.29) is 23.2 Å². The summed E-state index contributed by atoms with van der Waals surface area (Å²) in [7, 11) is 0. The quantitative estimate of drug-likeness (QED) is 0.579. The van der Waals surface area contributed by atoms with E-state index < -0.39 is 0 Å². The Morgan fingerprint density at radius 1 is 1.44 bits per heavy atom. The molecule has 6 nitrogen and oxygen atoms in total. The van der Waals surface area contributed by atoms with E-state index in [2.05, 4.69) is 20.6 Å². The number of H-pyrrole nitrogens is 1. The summed E-state index contributed by atoms with van der Waals surface area (Å²) in [6, 6.07) is 0.280. The molecule has 6 heteroatoms. The van der Waals surface area contributed by atoms with Gasteiger partial charge in [-0.25, -0.2) is 4.98 Å². The number of aromatic nitrogens is 2. The average molecular weight is 220 g/mol. The maximum absolute atomic E-state index is 11.7. The maximum atomic E-state index is 11.7. The highest BCUT2D eigenvalue weighted by molar-refractivity contribution is 5.92. The zero-order valence-electron chi connectivity index (χ0n) is 8.56. The van der Waals surface area contributed by atoms with Crippen molar-refractivity contribution in [1.82, 2.24) is 20.6 Å². The molecule has 2 fully saturated rings. The standard InChI is InChI=1S/C10H12N4O2/c15-8-4-12-7(3-13-8)10(16)14-9-5-1-11-2-6(5)9/h3-6,9,11H,1-2H2,(H,13,15)(H,14,16). The number of nitrogens with one attached hydrogen (secondary N) is 3. The van der Waals surface area contributed by atoms with Crippen LogP contribution in [-0.4, -0.2) is 35.0 Å². The molecule has 3 rings (SSSR count). The van der Waals surface area contributed by atoms with E-state index in [0.29, 0.717) is 11.8 Å². The molecule has 1 saturated heterocycles. The van der Waals surface area contributed by atoms with Gasteiger partial charge in [0.05, 0.1) is 6.20 Å². The lowest BCUT2D eigenvalue weighted by molar-refractivity contribution is 0.0941. The molecule has 2 atom stereocenters. The summed E-state index contributed by atoms with van der Waals surface area (Å²) < 4.78 is 0. The lowest BCUT2D eigenvalue weighted by atomic mass is 10.3. The summed E-state index contributed by atoms with van der Waals surface area (Å²) in [6.07, 6.45) is 2.46. The Morgan fingerprint density at radius 2 is 2.19 bits per heavy atom. The lowest BCUT2D eigenvalue weighted by Gasteiger charge is -2.06. The molecule has 1 aliphatic carbocycles. The van der Waals surface area contributed by atoms with Crippen LogP contribution >= 0.6 is 0 Å². The fourth-order valence-electron chi connectivity index (χ4n) is 2.32. The summed E-state index contributed by atoms with van der Waals surface area (Å²) in [5, 5.41) is 6.19. The van der Waals surface area contributed by atoms with E-state index in [9.17, 15) is 9.59 Å². The predicted octanol–water partition coefficient (Wildman–Crippen LogP) is -1.28. The van der Waals surface area contributed by atoms with Crippen molar-refractivity contribution in [2.75, 3.05) is 13.1 Å². The van der Waals surface area contributed by atoms with Crippen LogP contribution < -0.4 is 16.2 Å². The van der Waals surface area contributed by atoms with Gasteiger partial charge in [-0.15, -0.1) is 0 Å². The van der Waals surface area contributed by atoms with Crippen LogP contribution in [0.4, 0.5) is 0 Å². The Labute approximate surface area is 91.5 Å². The fourth-order valence-corrected chi connectivity index (χ4v) is 2.32. The van der Waals surface area contributed by atoms with Gasteiger partial charge in [-0.2, -0.15) is 0 Å². The van der Waals surface area contributed by atoms with Gasteiger partial charge >= 0.3 is 0 Å². The molecule has 0 aromatic carbocycles. The van der Waals surface area contributed by atoms with Crippen molar-refractivity contribution >= 4 is 5.91 Å². The normalized spacial score (nSPS) is 30.9. The van der Waals surface area contributed by atoms with Gasteiger partial charge in [-0.3, -0.25) is 9.59 Å². The van der Waals surface area contributed by atoms with E-state index >= 15 is 0 Å². The van der Waals surface area contributed by atoms with Crippen LogP contribution in [0.1, 0.15) is 10.5 Å². The molecule has 1 amide bonds. The molecule has 84 valence electrons. The molecular weight excluding hydrogens is 208 g/mol. The second kappa shape index (κ2) is 3.41. The molecule has 1 saturated carbocycles. The zero-order chi connectivity index (χ0) is 11.1. The lowest BCUT2D eigenvalue weighted by Crippen LogP contribution is -2.33. The number of hydrogen-bond acceptors (Lipinski definition) is 4. The maximum Gasteiger partial charge on any atom is 0.271 e. The topological polar surface area (TPSA) is 86.9 Å². The summed E-state index contributed by atoms with van der Waals surface area (Å²) in [5.41, 5.74) is -0.0402. The Bertz CT molecular complexity index is 453. The van der Waals surface area contributed by atoms with Crippen LogP contribution in [0, 0.1) is 11.8 Å². The van der Waals surface area contributed by atoms with E-state index in [0.717, 1.165) is 19.3 Å². The number of piperidine rings is 1. The SMILES string of the molecule is O=C(NC1C2CNCC21)c1c[nH]c(=O)cn1. The molecular formula is C10H12N4O2. The largest absolute Gasteiger partial charge is 0.347 e. The fraction of sp³-hybridized carbons (Fsp3) is 0.500. The van der Waals surface area contributed by atoms with Gasteiger partial charge in [0, 0.05) is 25.3 Å². The number of hydrogen-bond donors (Lipinski definition) is 3. The van der Waals surface area contributed by atoms with Crippen LogP contribution in [-0.2, 0) is 0 Å². The number of carbonyl (C=O) groups excluding carboxylic acids is 1. The number of amides is 1. The molecule has 1 aromatic rings. The summed E-state index contributed by atoms with van der Waals surface area (Å²) >= 11 is 0. The van der Waals surface area contributed by atoms with Gasteiger partial charge < -0.3 is 15.6 Å². The Morgan fingerprint density at radius 3 is 2.81 bits per heavy atom. The smallest absolute Gasteiger partial charge is 0.271 e. The van der Waals surface area contributed by atoms with Crippen molar-refractivity contribution in [2.24, 2.45) is 11.8 Å². The highest BCUT2D eigenvalue weighted by Gasteiger charge is 2.53. The monoisotopic (exact) mass is 220 g/mol. The third kappa shape index (κ3) is 1.51. The van der Waals surface area contributed by atoms with Gasteiger partial charge in [-0.05, 0) is 11.8 Å². The highest BCUT2D eigenvalue weighted by atomic mass is 16.2. The third-order valence-corrected chi connectivity index (χ3v) is 3.29. The molecule has 16 heavy (non-hydrogen) atoms. The van der Waals surface area contributed by atoms with Crippen LogP contribution in [0.15, 0.2) is 17.2 Å². The van der Waals surface area contributed by atoms with Crippen LogP contribution in [0.2, 0.25) is 0 Å². The van der Waals surface area contributed by atoms with Crippen molar-refractivity contribution in [1.29, 1.82) is 0 Å². The zero-order valence-corrected chi connectivity index (χ0v) is 8.56. The van der Waals surface area contributed by atoms with Gasteiger partial charge in [0.25, 0.3) is 11.5 Å². The van der Waals surface area contributed by atoms with Gasteiger partial charge in [0.1, 0.15) is 5.69 Å². The van der Waals surface area contributed by atoms with Crippen molar-refractivity contribution < 1.29 is 4.79 Å². The summed E-state index contributed by atoms with van der Waals surface area (Å²) in [5.74, 6) is 0.939. The molecule has 2 aliphatic rings. The predicted molar refractivity (Wildman–Crippen MR) is 56.0 cm³/mol. The first kappa shape index (κ1) is 9.53. The molecule has 2 heterocycles.